The summed E-state index contributed by atoms with van der Waals surface area (Å²) in [6.45, 7) is 5.42. The summed E-state index contributed by atoms with van der Waals surface area (Å²) in [6.07, 6.45) is 11.1. The van der Waals surface area contributed by atoms with E-state index in [-0.39, 0.29) is 0 Å². The molecule has 2 saturated heterocycles. The van der Waals surface area contributed by atoms with Gasteiger partial charge in [0.25, 0.3) is 0 Å². The van der Waals surface area contributed by atoms with Gasteiger partial charge in [-0.3, -0.25) is 0 Å². The molecule has 2 fully saturated rings. The molecule has 0 spiro atoms. The van der Waals surface area contributed by atoms with E-state index in [4.69, 9.17) is 0 Å². The van der Waals surface area contributed by atoms with Crippen molar-refractivity contribution in [2.24, 2.45) is 0 Å². The summed E-state index contributed by atoms with van der Waals surface area (Å²) in [4.78, 5) is 1.28. The number of hydrogen-bond donors (Lipinski definition) is 0. The lowest BCUT2D eigenvalue weighted by atomic mass is 10.1. The Morgan fingerprint density at radius 2 is 0.950 bits per heavy atom. The van der Waals surface area contributed by atoms with Gasteiger partial charge >= 0.3 is 0 Å². The number of halogens is 2. The standard InChI is InChI=1S/C16H32Br2N2/c1-19(11-5-3-6-12-19)15(17)9-10-16(18)20(2)13-7-4-8-14-20/h15-16H,3-14H2,1-2H3/q+2. The summed E-state index contributed by atoms with van der Waals surface area (Å²) in [5.74, 6) is 0. The average Bonchev–Trinajstić information content (AvgIpc) is 2.46. The van der Waals surface area contributed by atoms with Gasteiger partial charge in [0.1, 0.15) is 9.90 Å². The smallest absolute Gasteiger partial charge is 0.144 e. The van der Waals surface area contributed by atoms with E-state index in [1.165, 1.54) is 86.5 Å². The number of quaternary nitrogens is 2. The van der Waals surface area contributed by atoms with Crippen LogP contribution in [0, 0.1) is 0 Å². The molecule has 0 amide bonds. The molecule has 0 N–H and O–H groups in total. The van der Waals surface area contributed by atoms with Crippen LogP contribution >= 0.6 is 31.9 Å². The molecule has 0 aliphatic carbocycles. The zero-order valence-corrected chi connectivity index (χ0v) is 16.5. The Labute approximate surface area is 142 Å². The maximum atomic E-state index is 4.01. The first-order chi connectivity index (χ1) is 9.46. The molecule has 4 heteroatoms. The molecule has 2 nitrogen and oxygen atoms in total. The fraction of sp³-hybridized carbons (Fsp3) is 1.00. The van der Waals surface area contributed by atoms with Crippen LogP contribution in [0.2, 0.25) is 0 Å². The SMILES string of the molecule is C[N+]1(C(Br)CCC(Br)[N+]2(C)CCCCC2)CCCCC1. The highest BCUT2D eigenvalue weighted by Crippen LogP contribution is 2.31. The molecule has 2 atom stereocenters. The molecule has 0 bridgehead atoms. The van der Waals surface area contributed by atoms with Crippen LogP contribution in [0.1, 0.15) is 51.4 Å². The van der Waals surface area contributed by atoms with Crippen molar-refractivity contribution in [3.63, 3.8) is 0 Å². The van der Waals surface area contributed by atoms with E-state index in [2.05, 4.69) is 46.0 Å². The van der Waals surface area contributed by atoms with Crippen LogP contribution in [0.25, 0.3) is 0 Å². The molecular weight excluding hydrogens is 380 g/mol. The predicted molar refractivity (Wildman–Crippen MR) is 94.2 cm³/mol. The molecule has 2 unspecified atom stereocenters. The molecule has 2 rings (SSSR count). The Morgan fingerprint density at radius 1 is 0.650 bits per heavy atom. The third kappa shape index (κ3) is 4.21. The van der Waals surface area contributed by atoms with E-state index >= 15 is 0 Å². The number of hydrogen-bond acceptors (Lipinski definition) is 0. The monoisotopic (exact) mass is 410 g/mol. The number of alkyl halides is 2. The fourth-order valence-corrected chi connectivity index (χ4v) is 5.28. The van der Waals surface area contributed by atoms with Crippen molar-refractivity contribution in [1.29, 1.82) is 0 Å². The van der Waals surface area contributed by atoms with E-state index < -0.39 is 0 Å². The number of piperidine rings is 2. The minimum Gasteiger partial charge on any atom is -0.315 e. The van der Waals surface area contributed by atoms with E-state index in [9.17, 15) is 0 Å². The lowest BCUT2D eigenvalue weighted by molar-refractivity contribution is -0.928. The summed E-state index contributed by atoms with van der Waals surface area (Å²) in [6, 6.07) is 0. The molecule has 0 aromatic rings. The lowest BCUT2D eigenvalue weighted by Gasteiger charge is -2.44. The number of nitrogens with zero attached hydrogens (tertiary/aromatic N) is 2. The Hall–Kier alpha value is 0.880. The van der Waals surface area contributed by atoms with Gasteiger partial charge in [-0.15, -0.1) is 0 Å². The van der Waals surface area contributed by atoms with E-state index in [0.29, 0.717) is 9.90 Å². The summed E-state index contributed by atoms with van der Waals surface area (Å²) < 4.78 is 2.48. The van der Waals surface area contributed by atoms with Crippen molar-refractivity contribution < 1.29 is 8.97 Å². The molecule has 0 aromatic heterocycles. The second-order valence-electron chi connectivity index (χ2n) is 7.42. The third-order valence-corrected chi connectivity index (χ3v) is 8.56. The zero-order valence-electron chi connectivity index (χ0n) is 13.3. The molecule has 0 radical (unpaired) electrons. The van der Waals surface area contributed by atoms with Crippen molar-refractivity contribution in [2.45, 2.75) is 61.3 Å². The highest BCUT2D eigenvalue weighted by atomic mass is 79.9. The summed E-state index contributed by atoms with van der Waals surface area (Å²) >= 11 is 8.02. The topological polar surface area (TPSA) is 0 Å². The second-order valence-corrected chi connectivity index (χ2v) is 9.53. The van der Waals surface area contributed by atoms with Gasteiger partial charge in [0, 0.05) is 12.8 Å². The quantitative estimate of drug-likeness (QED) is 0.355. The van der Waals surface area contributed by atoms with Crippen LogP contribution < -0.4 is 0 Å². The van der Waals surface area contributed by atoms with Crippen LogP contribution in [0.15, 0.2) is 0 Å². The Kier molecular flexibility index (Phi) is 6.40. The van der Waals surface area contributed by atoms with Gasteiger partial charge < -0.3 is 8.97 Å². The van der Waals surface area contributed by atoms with Gasteiger partial charge in [-0.25, -0.2) is 0 Å². The Morgan fingerprint density at radius 3 is 1.25 bits per heavy atom. The number of likely N-dealkylation sites (tertiary alicyclic amines) is 2. The zero-order chi connectivity index (χ0) is 14.6. The van der Waals surface area contributed by atoms with Crippen LogP contribution in [0.3, 0.4) is 0 Å². The normalized spacial score (nSPS) is 28.8. The molecular formula is C16H32Br2N2+2. The molecule has 2 aliphatic heterocycles. The lowest BCUT2D eigenvalue weighted by Crippen LogP contribution is -2.55. The molecule has 0 aromatic carbocycles. The van der Waals surface area contributed by atoms with Crippen molar-refractivity contribution in [3.8, 4) is 0 Å². The molecule has 118 valence electrons. The van der Waals surface area contributed by atoms with Crippen molar-refractivity contribution >= 4 is 31.9 Å². The largest absolute Gasteiger partial charge is 0.315 e. The first-order valence-corrected chi connectivity index (χ1v) is 10.3. The summed E-state index contributed by atoms with van der Waals surface area (Å²) in [7, 11) is 4.89. The minimum atomic E-state index is 0.638. The average molecular weight is 412 g/mol. The van der Waals surface area contributed by atoms with Gasteiger partial charge in [0.2, 0.25) is 0 Å². The van der Waals surface area contributed by atoms with Gasteiger partial charge in [-0.1, -0.05) is 0 Å². The van der Waals surface area contributed by atoms with E-state index in [1.54, 1.807) is 0 Å². The Balaban J connectivity index is 1.81. The molecule has 2 aliphatic rings. The van der Waals surface area contributed by atoms with Crippen LogP contribution in [-0.4, -0.2) is 59.1 Å². The molecule has 2 heterocycles. The maximum Gasteiger partial charge on any atom is 0.144 e. The van der Waals surface area contributed by atoms with Gasteiger partial charge in [0.05, 0.1) is 40.3 Å². The van der Waals surface area contributed by atoms with Gasteiger partial charge in [0.15, 0.2) is 0 Å². The number of rotatable bonds is 5. The third-order valence-electron chi connectivity index (χ3n) is 5.67. The van der Waals surface area contributed by atoms with Crippen LogP contribution in [0.5, 0.6) is 0 Å². The van der Waals surface area contributed by atoms with Crippen molar-refractivity contribution in [1.82, 2.24) is 0 Å². The first-order valence-electron chi connectivity index (χ1n) is 8.43. The fourth-order valence-electron chi connectivity index (χ4n) is 3.93. The first kappa shape index (κ1) is 17.2. The summed E-state index contributed by atoms with van der Waals surface area (Å²) in [5.41, 5.74) is 0. The molecule has 0 saturated carbocycles. The summed E-state index contributed by atoms with van der Waals surface area (Å²) in [5, 5.41) is 0. The highest BCUT2D eigenvalue weighted by Gasteiger charge is 2.36. The van der Waals surface area contributed by atoms with Crippen molar-refractivity contribution in [3.05, 3.63) is 0 Å². The van der Waals surface area contributed by atoms with Crippen molar-refractivity contribution in [2.75, 3.05) is 40.3 Å². The van der Waals surface area contributed by atoms with Crippen LogP contribution in [0.4, 0.5) is 0 Å². The Bertz CT molecular complexity index is 267. The minimum absolute atomic E-state index is 0.638. The van der Waals surface area contributed by atoms with Gasteiger partial charge in [-0.2, -0.15) is 0 Å². The maximum absolute atomic E-state index is 4.01. The predicted octanol–water partition coefficient (Wildman–Crippen LogP) is 4.47. The van der Waals surface area contributed by atoms with E-state index in [1.807, 2.05) is 0 Å². The molecule has 20 heavy (non-hydrogen) atoms. The second kappa shape index (κ2) is 7.43. The van der Waals surface area contributed by atoms with Gasteiger partial charge in [-0.05, 0) is 70.4 Å². The van der Waals surface area contributed by atoms with E-state index in [0.717, 1.165) is 0 Å². The highest BCUT2D eigenvalue weighted by molar-refractivity contribution is 9.09. The van der Waals surface area contributed by atoms with Crippen LogP contribution in [-0.2, 0) is 0 Å².